The van der Waals surface area contributed by atoms with Crippen LogP contribution in [0.2, 0.25) is 0 Å². The summed E-state index contributed by atoms with van der Waals surface area (Å²) in [5.74, 6) is 0.461. The Balaban J connectivity index is 1.28. The summed E-state index contributed by atoms with van der Waals surface area (Å²) in [4.78, 5) is 0. The number of fused-ring (bicyclic) bond motifs is 9. The summed E-state index contributed by atoms with van der Waals surface area (Å²) in [6.45, 7) is 21.6. The molecule has 3 heteroatoms. The van der Waals surface area contributed by atoms with Gasteiger partial charge in [0.1, 0.15) is 0 Å². The monoisotopic (exact) mass is 832 g/mol. The molecule has 2 aromatic heterocycles. The van der Waals surface area contributed by atoms with Crippen molar-refractivity contribution in [2.45, 2.75) is 112 Å². The van der Waals surface area contributed by atoms with Crippen LogP contribution in [0, 0.1) is 11.3 Å². The van der Waals surface area contributed by atoms with Crippen molar-refractivity contribution in [3.05, 3.63) is 155 Å². The average molecular weight is 833 g/mol. The summed E-state index contributed by atoms with van der Waals surface area (Å²) >= 11 is 0. The van der Waals surface area contributed by atoms with Crippen LogP contribution in [0.15, 0.2) is 115 Å². The van der Waals surface area contributed by atoms with Gasteiger partial charge in [0.15, 0.2) is 0 Å². The van der Waals surface area contributed by atoms with Crippen LogP contribution in [0.3, 0.4) is 0 Å². The molecular formula is C61H61BN2. The van der Waals surface area contributed by atoms with Crippen LogP contribution in [0.5, 0.6) is 0 Å². The van der Waals surface area contributed by atoms with E-state index < -0.39 is 0 Å². The van der Waals surface area contributed by atoms with Crippen LogP contribution < -0.4 is 16.4 Å². The highest BCUT2D eigenvalue weighted by Crippen LogP contribution is 2.48. The molecule has 2 aliphatic heterocycles. The molecule has 7 aromatic rings. The van der Waals surface area contributed by atoms with Crippen LogP contribution in [0.4, 0.5) is 0 Å². The lowest BCUT2D eigenvalue weighted by Crippen LogP contribution is -2.60. The number of hydrogen-bond donors (Lipinski definition) is 0. The average Bonchev–Trinajstić information content (AvgIpc) is 3.82. The Labute approximate surface area is 381 Å². The number of rotatable bonds is 5. The van der Waals surface area contributed by atoms with Crippen molar-refractivity contribution in [2.24, 2.45) is 11.3 Å². The molecule has 0 spiro atoms. The quantitative estimate of drug-likeness (QED) is 0.153. The molecule has 5 aromatic carbocycles. The van der Waals surface area contributed by atoms with Crippen molar-refractivity contribution < 1.29 is 0 Å². The van der Waals surface area contributed by atoms with Gasteiger partial charge in [0.2, 0.25) is 0 Å². The smallest absolute Gasteiger partial charge is 0.253 e. The third-order valence-electron chi connectivity index (χ3n) is 16.1. The van der Waals surface area contributed by atoms with Crippen LogP contribution in [-0.2, 0) is 23.7 Å². The van der Waals surface area contributed by atoms with Crippen molar-refractivity contribution in [1.29, 1.82) is 0 Å². The molecule has 318 valence electrons. The van der Waals surface area contributed by atoms with Crippen LogP contribution in [0.1, 0.15) is 127 Å². The number of aromatic nitrogens is 2. The van der Waals surface area contributed by atoms with E-state index in [9.17, 15) is 0 Å². The largest absolute Gasteiger partial charge is 0.311 e. The van der Waals surface area contributed by atoms with Gasteiger partial charge in [0.05, 0.1) is 11.2 Å². The minimum Gasteiger partial charge on any atom is -0.311 e. The van der Waals surface area contributed by atoms with Gasteiger partial charge in [-0.15, -0.1) is 0 Å². The van der Waals surface area contributed by atoms with Crippen molar-refractivity contribution in [3.63, 3.8) is 0 Å². The second-order valence-electron chi connectivity index (χ2n) is 22.4. The Hall–Kier alpha value is -5.80. The third-order valence-corrected chi connectivity index (χ3v) is 16.1. The molecule has 0 bridgehead atoms. The highest BCUT2D eigenvalue weighted by molar-refractivity contribution is 7.00. The van der Waals surface area contributed by atoms with E-state index in [0.717, 1.165) is 38.5 Å². The van der Waals surface area contributed by atoms with Gasteiger partial charge in [0, 0.05) is 38.9 Å². The van der Waals surface area contributed by atoms with Gasteiger partial charge in [-0.25, -0.2) is 0 Å². The van der Waals surface area contributed by atoms with Gasteiger partial charge < -0.3 is 9.13 Å². The van der Waals surface area contributed by atoms with Gasteiger partial charge in [-0.3, -0.25) is 0 Å². The van der Waals surface area contributed by atoms with Crippen molar-refractivity contribution in [2.75, 3.05) is 0 Å². The molecule has 1 unspecified atom stereocenters. The van der Waals surface area contributed by atoms with Crippen LogP contribution in [0.25, 0.3) is 73.2 Å². The van der Waals surface area contributed by atoms with E-state index in [2.05, 4.69) is 199 Å². The molecule has 0 radical (unpaired) electrons. The predicted octanol–water partition coefficient (Wildman–Crippen LogP) is 14.0. The first-order valence-electron chi connectivity index (χ1n) is 24.3. The molecule has 1 atom stereocenters. The number of benzene rings is 5. The van der Waals surface area contributed by atoms with Crippen molar-refractivity contribution in [3.8, 4) is 33.6 Å². The predicted molar refractivity (Wildman–Crippen MR) is 277 cm³/mol. The zero-order valence-electron chi connectivity index (χ0n) is 39.4. The Morgan fingerprint density at radius 2 is 1.41 bits per heavy atom. The zero-order chi connectivity index (χ0) is 44.0. The maximum absolute atomic E-state index is 2.75. The summed E-state index contributed by atoms with van der Waals surface area (Å²) in [5, 5.41) is 2.83. The van der Waals surface area contributed by atoms with Crippen molar-refractivity contribution in [1.82, 2.24) is 9.13 Å². The Kier molecular flexibility index (Phi) is 8.61. The Bertz CT molecular complexity index is 3250. The molecule has 3 aliphatic carbocycles. The number of aryl methyl sites for hydroxylation is 1. The topological polar surface area (TPSA) is 9.86 Å². The first kappa shape index (κ1) is 39.8. The molecule has 0 saturated heterocycles. The number of nitrogens with zero attached hydrogens (tertiary/aromatic N) is 2. The van der Waals surface area contributed by atoms with Gasteiger partial charge >= 0.3 is 0 Å². The van der Waals surface area contributed by atoms with E-state index in [0.29, 0.717) is 5.92 Å². The molecule has 2 nitrogen and oxygen atoms in total. The molecular weight excluding hydrogens is 771 g/mol. The molecule has 64 heavy (non-hydrogen) atoms. The summed E-state index contributed by atoms with van der Waals surface area (Å²) < 4.78 is 5.48. The van der Waals surface area contributed by atoms with Gasteiger partial charge in [-0.05, 0) is 157 Å². The van der Waals surface area contributed by atoms with Gasteiger partial charge in [-0.1, -0.05) is 159 Å². The molecule has 5 aliphatic rings. The van der Waals surface area contributed by atoms with E-state index >= 15 is 0 Å². The fourth-order valence-electron chi connectivity index (χ4n) is 12.0. The maximum Gasteiger partial charge on any atom is 0.253 e. The van der Waals surface area contributed by atoms with Crippen LogP contribution in [-0.4, -0.2) is 15.8 Å². The highest BCUT2D eigenvalue weighted by Gasteiger charge is 2.45. The van der Waals surface area contributed by atoms with E-state index in [1.807, 2.05) is 0 Å². The molecule has 4 heterocycles. The van der Waals surface area contributed by atoms with Gasteiger partial charge in [-0.2, -0.15) is 0 Å². The minimum absolute atomic E-state index is 0.0211. The summed E-state index contributed by atoms with van der Waals surface area (Å²) in [7, 11) is 0. The first-order chi connectivity index (χ1) is 30.7. The second kappa shape index (κ2) is 13.9. The maximum atomic E-state index is 2.75. The molecule has 0 saturated carbocycles. The lowest BCUT2D eigenvalue weighted by atomic mass is 9.33. The summed E-state index contributed by atoms with van der Waals surface area (Å²) in [5.41, 5.74) is 26.5. The number of allylic oxidation sites excluding steroid dienone is 6. The lowest BCUT2D eigenvalue weighted by Gasteiger charge is -2.37. The standard InChI is InChI=1S/C61H61BN2/c1-10-61(8,9)42-27-25-37(26-28-42)41-32-51-55-52(33-41)64-56(39-21-15-12-16-22-39)53(38-19-13-11-14-20-38)48-31-40-23-17-18-24-45(40)54(58(48)64)62(55)49-36-44(60(5,6)7)35-47-46-34-43(59(2,3)4)29-30-50(46)63(51)57(47)49/h11,13-15,18-22,24-33,35-36,43H,10,12,16-17,23,34H2,1-9H3. The molecule has 0 N–H and O–H groups in total. The van der Waals surface area contributed by atoms with E-state index in [1.165, 1.54) is 117 Å². The normalized spacial score (nSPS) is 17.2. The van der Waals surface area contributed by atoms with E-state index in [1.54, 1.807) is 0 Å². The Morgan fingerprint density at radius 1 is 0.656 bits per heavy atom. The third kappa shape index (κ3) is 5.71. The van der Waals surface area contributed by atoms with Gasteiger partial charge in [0.25, 0.3) is 6.71 Å². The van der Waals surface area contributed by atoms with E-state index in [4.69, 9.17) is 0 Å². The van der Waals surface area contributed by atoms with E-state index in [-0.39, 0.29) is 23.0 Å². The zero-order valence-corrected chi connectivity index (χ0v) is 39.4. The molecule has 0 amide bonds. The summed E-state index contributed by atoms with van der Waals surface area (Å²) in [6.07, 6.45) is 23.7. The first-order valence-corrected chi connectivity index (χ1v) is 24.3. The molecule has 0 fully saturated rings. The second-order valence-corrected chi connectivity index (χ2v) is 22.4. The van der Waals surface area contributed by atoms with Crippen molar-refractivity contribution >= 4 is 62.6 Å². The summed E-state index contributed by atoms with van der Waals surface area (Å²) in [6, 6.07) is 33.8. The SMILES string of the molecule is CCC(C)(C)c1ccc(-c2cc3c4c(c2)-n2c(C5=CCCC=C5)c(-c5ccccc5)c5cc6c(c(c52)B4c2cc(C(C)(C)C)cc4c5c(n-3c24)C=CC(C(C)(C)C)C5)C=CCC6)cc1. The van der Waals surface area contributed by atoms with Crippen LogP contribution >= 0.6 is 0 Å². The Morgan fingerprint density at radius 3 is 2.11 bits per heavy atom. The lowest BCUT2D eigenvalue weighted by molar-refractivity contribution is 0.291. The minimum atomic E-state index is -0.0211. The molecule has 12 rings (SSSR count). The highest BCUT2D eigenvalue weighted by atomic mass is 15.0. The fourth-order valence-corrected chi connectivity index (χ4v) is 12.0. The number of hydrogen-bond acceptors (Lipinski definition) is 0. The fraction of sp³-hybridized carbons (Fsp3) is 0.311.